The Morgan fingerprint density at radius 2 is 1.82 bits per heavy atom. The number of ether oxygens (including phenoxy) is 1. The highest BCUT2D eigenvalue weighted by atomic mass is 35.5. The molecule has 96 valence electrons. The van der Waals surface area contributed by atoms with E-state index in [1.54, 1.807) is 0 Å². The lowest BCUT2D eigenvalue weighted by Gasteiger charge is -2.72. The number of amides is 1. The summed E-state index contributed by atoms with van der Waals surface area (Å²) in [6, 6.07) is 0. The highest BCUT2D eigenvalue weighted by molar-refractivity contribution is 6.26. The summed E-state index contributed by atoms with van der Waals surface area (Å²) in [7, 11) is 0. The molecule has 3 nitrogen and oxygen atoms in total. The molecule has 0 aromatic rings. The van der Waals surface area contributed by atoms with E-state index < -0.39 is 5.60 Å². The summed E-state index contributed by atoms with van der Waals surface area (Å²) in [5.41, 5.74) is 0.0962. The molecule has 0 N–H and O–H groups in total. The van der Waals surface area contributed by atoms with Crippen molar-refractivity contribution in [2.24, 2.45) is 11.3 Å². The van der Waals surface area contributed by atoms with Crippen molar-refractivity contribution in [3.63, 3.8) is 0 Å². The lowest BCUT2D eigenvalue weighted by atomic mass is 9.38. The van der Waals surface area contributed by atoms with Crippen molar-refractivity contribution in [3.05, 3.63) is 0 Å². The minimum atomic E-state index is -0.390. The molecule has 4 rings (SSSR count). The maximum absolute atomic E-state index is 11.8. The van der Waals surface area contributed by atoms with Crippen LogP contribution in [0.25, 0.3) is 0 Å². The molecule has 0 atom stereocenters. The van der Waals surface area contributed by atoms with E-state index in [-0.39, 0.29) is 11.0 Å². The molecule has 17 heavy (non-hydrogen) atoms. The van der Waals surface area contributed by atoms with Crippen LogP contribution in [0.3, 0.4) is 0 Å². The van der Waals surface area contributed by atoms with Gasteiger partial charge in [-0.2, -0.15) is 0 Å². The van der Waals surface area contributed by atoms with E-state index in [0.29, 0.717) is 11.3 Å². The van der Waals surface area contributed by atoms with Gasteiger partial charge in [-0.05, 0) is 45.4 Å². The van der Waals surface area contributed by atoms with E-state index in [1.807, 2.05) is 25.7 Å². The number of alkyl halides is 1. The minimum Gasteiger partial charge on any atom is -0.444 e. The molecule has 4 heteroatoms. The molecule has 0 aromatic carbocycles. The van der Waals surface area contributed by atoms with Crippen molar-refractivity contribution in [2.45, 2.75) is 50.5 Å². The first kappa shape index (κ1) is 11.6. The van der Waals surface area contributed by atoms with Crippen LogP contribution in [0.1, 0.15) is 40.0 Å². The summed E-state index contributed by atoms with van der Waals surface area (Å²) in [5, 5.41) is 0. The Kier molecular flexibility index (Phi) is 2.13. The second-order valence-corrected chi connectivity index (χ2v) is 7.93. The summed E-state index contributed by atoms with van der Waals surface area (Å²) >= 11 is 6.27. The number of halogens is 1. The molecule has 3 aliphatic carbocycles. The summed E-state index contributed by atoms with van der Waals surface area (Å²) in [5.74, 6) is 0.663. The highest BCUT2D eigenvalue weighted by Crippen LogP contribution is 2.74. The average molecular weight is 258 g/mol. The quantitative estimate of drug-likeness (QED) is 0.676. The summed E-state index contributed by atoms with van der Waals surface area (Å²) < 4.78 is 5.35. The maximum Gasteiger partial charge on any atom is 0.410 e. The van der Waals surface area contributed by atoms with E-state index >= 15 is 0 Å². The zero-order valence-corrected chi connectivity index (χ0v) is 11.5. The molecule has 1 heterocycles. The van der Waals surface area contributed by atoms with E-state index in [9.17, 15) is 4.79 Å². The Hall–Kier alpha value is -0.440. The maximum atomic E-state index is 11.8. The first-order valence-electron chi connectivity index (χ1n) is 6.38. The Labute approximate surface area is 107 Å². The summed E-state index contributed by atoms with van der Waals surface area (Å²) in [6.07, 6.45) is 3.32. The third-order valence-corrected chi connectivity index (χ3v) is 4.81. The van der Waals surface area contributed by atoms with Gasteiger partial charge in [-0.15, -0.1) is 11.6 Å². The largest absolute Gasteiger partial charge is 0.444 e. The third-order valence-electron chi connectivity index (χ3n) is 4.41. The van der Waals surface area contributed by atoms with Crippen LogP contribution >= 0.6 is 11.6 Å². The summed E-state index contributed by atoms with van der Waals surface area (Å²) in [4.78, 5) is 13.7. The van der Waals surface area contributed by atoms with E-state index in [1.165, 1.54) is 0 Å². The van der Waals surface area contributed by atoms with Gasteiger partial charge < -0.3 is 9.64 Å². The summed E-state index contributed by atoms with van der Waals surface area (Å²) in [6.45, 7) is 7.44. The molecular formula is C13H20ClNO2. The third kappa shape index (κ3) is 1.74. The zero-order chi connectivity index (χ0) is 12.5. The Balaban J connectivity index is 1.48. The topological polar surface area (TPSA) is 29.5 Å². The SMILES string of the molecule is CC(C)(C)OC(=O)N1CC(C23CC(Cl)(C2)C3)C1. The normalized spacial score (nSPS) is 40.1. The molecule has 0 spiro atoms. The number of nitrogens with zero attached hydrogens (tertiary/aromatic N) is 1. The fraction of sp³-hybridized carbons (Fsp3) is 0.923. The molecule has 4 fully saturated rings. The van der Waals surface area contributed by atoms with Crippen LogP contribution < -0.4 is 0 Å². The van der Waals surface area contributed by atoms with Crippen molar-refractivity contribution < 1.29 is 9.53 Å². The molecule has 1 amide bonds. The standard InChI is InChI=1S/C13H20ClNO2/c1-11(2,3)17-10(16)15-4-9(5-15)12-6-13(14,7-12)8-12/h9H,4-8H2,1-3H3. The van der Waals surface area contributed by atoms with Crippen LogP contribution in [0.2, 0.25) is 0 Å². The molecule has 1 saturated heterocycles. The number of hydrogen-bond donors (Lipinski definition) is 0. The van der Waals surface area contributed by atoms with Crippen molar-refractivity contribution in [2.75, 3.05) is 13.1 Å². The number of carbonyl (C=O) groups is 1. The van der Waals surface area contributed by atoms with Gasteiger partial charge in [0.05, 0.1) is 0 Å². The predicted molar refractivity (Wildman–Crippen MR) is 66.2 cm³/mol. The number of carbonyl (C=O) groups excluding carboxylic acids is 1. The van der Waals surface area contributed by atoms with Crippen LogP contribution in [0, 0.1) is 11.3 Å². The number of rotatable bonds is 1. The van der Waals surface area contributed by atoms with Gasteiger partial charge >= 0.3 is 6.09 Å². The van der Waals surface area contributed by atoms with Crippen LogP contribution in [0.4, 0.5) is 4.79 Å². The Morgan fingerprint density at radius 3 is 2.24 bits per heavy atom. The van der Waals surface area contributed by atoms with Crippen LogP contribution in [0.15, 0.2) is 0 Å². The van der Waals surface area contributed by atoms with Gasteiger partial charge in [0.25, 0.3) is 0 Å². The molecule has 1 aliphatic heterocycles. The first-order chi connectivity index (χ1) is 7.72. The van der Waals surface area contributed by atoms with Crippen LogP contribution in [-0.4, -0.2) is 34.6 Å². The Morgan fingerprint density at radius 1 is 1.29 bits per heavy atom. The fourth-order valence-corrected chi connectivity index (χ4v) is 4.31. The molecule has 0 aromatic heterocycles. The van der Waals surface area contributed by atoms with Gasteiger partial charge in [-0.3, -0.25) is 0 Å². The Bertz CT molecular complexity index is 348. The second-order valence-electron chi connectivity index (χ2n) is 7.13. The molecule has 4 aliphatic rings. The van der Waals surface area contributed by atoms with Crippen molar-refractivity contribution >= 4 is 17.7 Å². The highest BCUT2D eigenvalue weighted by Gasteiger charge is 2.71. The molecule has 0 unspecified atom stereocenters. The molecular weight excluding hydrogens is 238 g/mol. The zero-order valence-electron chi connectivity index (χ0n) is 10.8. The molecule has 2 bridgehead atoms. The van der Waals surface area contributed by atoms with Gasteiger partial charge in [0, 0.05) is 23.9 Å². The lowest BCUT2D eigenvalue weighted by Crippen LogP contribution is -2.72. The van der Waals surface area contributed by atoms with Gasteiger partial charge in [0.15, 0.2) is 0 Å². The van der Waals surface area contributed by atoms with Crippen molar-refractivity contribution in [3.8, 4) is 0 Å². The van der Waals surface area contributed by atoms with Crippen LogP contribution in [0.5, 0.6) is 0 Å². The fourth-order valence-electron chi connectivity index (χ4n) is 3.51. The average Bonchev–Trinajstić information content (AvgIpc) is 1.91. The van der Waals surface area contributed by atoms with E-state index in [2.05, 4.69) is 0 Å². The number of likely N-dealkylation sites (tertiary alicyclic amines) is 1. The van der Waals surface area contributed by atoms with Gasteiger partial charge in [-0.25, -0.2) is 4.79 Å². The van der Waals surface area contributed by atoms with E-state index in [4.69, 9.17) is 16.3 Å². The van der Waals surface area contributed by atoms with Gasteiger partial charge in [-0.1, -0.05) is 0 Å². The number of hydrogen-bond acceptors (Lipinski definition) is 2. The van der Waals surface area contributed by atoms with E-state index in [0.717, 1.165) is 32.4 Å². The van der Waals surface area contributed by atoms with Gasteiger partial charge in [0.2, 0.25) is 0 Å². The van der Waals surface area contributed by atoms with Crippen molar-refractivity contribution in [1.29, 1.82) is 0 Å². The second kappa shape index (κ2) is 3.11. The lowest BCUT2D eigenvalue weighted by molar-refractivity contribution is -0.167. The van der Waals surface area contributed by atoms with Crippen LogP contribution in [-0.2, 0) is 4.74 Å². The molecule has 3 saturated carbocycles. The molecule has 0 radical (unpaired) electrons. The smallest absolute Gasteiger partial charge is 0.410 e. The van der Waals surface area contributed by atoms with Crippen molar-refractivity contribution in [1.82, 2.24) is 4.90 Å². The first-order valence-corrected chi connectivity index (χ1v) is 6.76. The van der Waals surface area contributed by atoms with Gasteiger partial charge in [0.1, 0.15) is 5.60 Å². The minimum absolute atomic E-state index is 0.145. The predicted octanol–water partition coefficient (Wildman–Crippen LogP) is 3.01. The monoisotopic (exact) mass is 257 g/mol.